The van der Waals surface area contributed by atoms with Gasteiger partial charge < -0.3 is 14.9 Å². The zero-order chi connectivity index (χ0) is 11.4. The average molecular weight is 279 g/mol. The predicted molar refractivity (Wildman–Crippen MR) is 54.7 cm³/mol. The van der Waals surface area contributed by atoms with E-state index < -0.39 is 18.2 Å². The maximum absolute atomic E-state index is 11.2. The van der Waals surface area contributed by atoms with Crippen molar-refractivity contribution >= 4 is 21.9 Å². The monoisotopic (exact) mass is 278 g/mol. The third-order valence-electron chi connectivity index (χ3n) is 1.90. The summed E-state index contributed by atoms with van der Waals surface area (Å²) in [5.41, 5.74) is 0.263. The highest BCUT2D eigenvalue weighted by atomic mass is 79.9. The minimum atomic E-state index is -1.18. The molecule has 0 aliphatic heterocycles. The lowest BCUT2D eigenvalue weighted by Gasteiger charge is -2.14. The van der Waals surface area contributed by atoms with Crippen molar-refractivity contribution in [3.8, 4) is 0 Å². The Morgan fingerprint density at radius 1 is 1.73 bits per heavy atom. The van der Waals surface area contributed by atoms with Crippen LogP contribution in [-0.2, 0) is 4.74 Å². The Morgan fingerprint density at radius 2 is 2.40 bits per heavy atom. The molecule has 3 N–H and O–H groups in total. The second kappa shape index (κ2) is 5.24. The highest BCUT2D eigenvalue weighted by Gasteiger charge is 2.25. The van der Waals surface area contributed by atoms with Crippen LogP contribution in [0.1, 0.15) is 22.2 Å². The highest BCUT2D eigenvalue weighted by Crippen LogP contribution is 2.20. The summed E-state index contributed by atoms with van der Waals surface area (Å²) in [7, 11) is 1.22. The van der Waals surface area contributed by atoms with Crippen LogP contribution in [0.3, 0.4) is 0 Å². The quantitative estimate of drug-likeness (QED) is 0.532. The van der Waals surface area contributed by atoms with Crippen LogP contribution < -0.4 is 0 Å². The number of aromatic amines is 1. The fourth-order valence-corrected chi connectivity index (χ4v) is 1.43. The van der Waals surface area contributed by atoms with Gasteiger partial charge in [-0.3, -0.25) is 5.10 Å². The Hall–Kier alpha value is -0.920. The van der Waals surface area contributed by atoms with Gasteiger partial charge in [-0.05, 0) is 0 Å². The van der Waals surface area contributed by atoms with Crippen molar-refractivity contribution < 1.29 is 19.7 Å². The summed E-state index contributed by atoms with van der Waals surface area (Å²) in [4.78, 5) is 11.2. The number of hydrogen-bond acceptors (Lipinski definition) is 5. The van der Waals surface area contributed by atoms with Crippen LogP contribution in [0.5, 0.6) is 0 Å². The molecular formula is C8H11BrN2O4. The first-order valence-electron chi connectivity index (χ1n) is 4.15. The number of carbonyl (C=O) groups is 1. The average Bonchev–Trinajstić information content (AvgIpc) is 2.74. The normalized spacial score (nSPS) is 14.7. The largest absolute Gasteiger partial charge is 0.464 e. The van der Waals surface area contributed by atoms with Crippen LogP contribution in [-0.4, -0.2) is 44.9 Å². The number of halogens is 1. The molecule has 7 heteroatoms. The van der Waals surface area contributed by atoms with Crippen molar-refractivity contribution in [1.29, 1.82) is 0 Å². The molecule has 0 amide bonds. The summed E-state index contributed by atoms with van der Waals surface area (Å²) < 4.78 is 4.48. The second-order valence-corrected chi connectivity index (χ2v) is 3.51. The molecule has 1 heterocycles. The fraction of sp³-hybridized carbons (Fsp3) is 0.500. The van der Waals surface area contributed by atoms with Crippen LogP contribution >= 0.6 is 15.9 Å². The van der Waals surface area contributed by atoms with E-state index in [4.69, 9.17) is 0 Å². The molecule has 0 saturated heterocycles. The van der Waals surface area contributed by atoms with E-state index in [-0.39, 0.29) is 16.6 Å². The number of aliphatic hydroxyl groups is 2. The van der Waals surface area contributed by atoms with Crippen LogP contribution in [0.25, 0.3) is 0 Å². The molecule has 0 radical (unpaired) electrons. The van der Waals surface area contributed by atoms with Crippen molar-refractivity contribution in [2.45, 2.75) is 12.2 Å². The molecule has 0 spiro atoms. The zero-order valence-corrected chi connectivity index (χ0v) is 9.56. The zero-order valence-electron chi connectivity index (χ0n) is 7.98. The Kier molecular flexibility index (Phi) is 4.25. The summed E-state index contributed by atoms with van der Waals surface area (Å²) in [5, 5.41) is 25.3. The number of H-pyrrole nitrogens is 1. The molecule has 0 fully saturated rings. The number of nitrogens with zero attached hydrogens (tertiary/aromatic N) is 1. The molecule has 0 aromatic carbocycles. The van der Waals surface area contributed by atoms with Gasteiger partial charge in [-0.25, -0.2) is 4.79 Å². The van der Waals surface area contributed by atoms with Gasteiger partial charge in [-0.1, -0.05) is 15.9 Å². The van der Waals surface area contributed by atoms with E-state index in [9.17, 15) is 15.0 Å². The molecule has 0 aliphatic rings. The minimum Gasteiger partial charge on any atom is -0.464 e. The van der Waals surface area contributed by atoms with Gasteiger partial charge in [-0.2, -0.15) is 5.10 Å². The summed E-state index contributed by atoms with van der Waals surface area (Å²) in [6, 6.07) is 0. The lowest BCUT2D eigenvalue weighted by molar-refractivity contribution is 0.0322. The molecule has 0 aliphatic carbocycles. The molecule has 0 bridgehead atoms. The fourth-order valence-electron chi connectivity index (χ4n) is 1.08. The number of aromatic nitrogens is 2. The van der Waals surface area contributed by atoms with Crippen molar-refractivity contribution in [3.05, 3.63) is 17.5 Å². The van der Waals surface area contributed by atoms with Gasteiger partial charge in [0.05, 0.1) is 19.4 Å². The van der Waals surface area contributed by atoms with E-state index in [2.05, 4.69) is 30.9 Å². The van der Waals surface area contributed by atoms with E-state index in [0.29, 0.717) is 0 Å². The first kappa shape index (κ1) is 12.2. The smallest absolute Gasteiger partial charge is 0.356 e. The van der Waals surface area contributed by atoms with E-state index in [1.807, 2.05) is 0 Å². The molecule has 84 valence electrons. The maximum atomic E-state index is 11.2. The van der Waals surface area contributed by atoms with Gasteiger partial charge in [0.2, 0.25) is 0 Å². The van der Waals surface area contributed by atoms with Gasteiger partial charge in [0.15, 0.2) is 0 Å². The van der Waals surface area contributed by atoms with E-state index >= 15 is 0 Å². The second-order valence-electron chi connectivity index (χ2n) is 2.86. The SMILES string of the molecule is COC(=O)c1[nH]ncc1C(O)C(O)CBr. The summed E-state index contributed by atoms with van der Waals surface area (Å²) in [5.74, 6) is -0.636. The van der Waals surface area contributed by atoms with Crippen LogP contribution in [0.15, 0.2) is 6.20 Å². The number of methoxy groups -OCH3 is 1. The van der Waals surface area contributed by atoms with Gasteiger partial charge >= 0.3 is 5.97 Å². The maximum Gasteiger partial charge on any atom is 0.356 e. The molecule has 1 aromatic heterocycles. The van der Waals surface area contributed by atoms with Crippen molar-refractivity contribution in [2.75, 3.05) is 12.4 Å². The number of ether oxygens (including phenoxy) is 1. The molecule has 1 aromatic rings. The molecule has 1 rings (SSSR count). The highest BCUT2D eigenvalue weighted by molar-refractivity contribution is 9.09. The van der Waals surface area contributed by atoms with E-state index in [1.54, 1.807) is 0 Å². The number of rotatable bonds is 4. The van der Waals surface area contributed by atoms with Crippen LogP contribution in [0, 0.1) is 0 Å². The summed E-state index contributed by atoms with van der Waals surface area (Å²) >= 11 is 3.02. The van der Waals surface area contributed by atoms with Crippen LogP contribution in [0.2, 0.25) is 0 Å². The van der Waals surface area contributed by atoms with E-state index in [0.717, 1.165) is 0 Å². The topological polar surface area (TPSA) is 95.4 Å². The Balaban J connectivity index is 2.94. The number of esters is 1. The lowest BCUT2D eigenvalue weighted by Crippen LogP contribution is -2.21. The lowest BCUT2D eigenvalue weighted by atomic mass is 10.1. The molecule has 2 unspecified atom stereocenters. The van der Waals surface area contributed by atoms with E-state index in [1.165, 1.54) is 13.3 Å². The summed E-state index contributed by atoms with van der Waals surface area (Å²) in [6.45, 7) is 0. The minimum absolute atomic E-state index is 0.0463. The van der Waals surface area contributed by atoms with Crippen molar-refractivity contribution in [1.82, 2.24) is 10.2 Å². The third-order valence-corrected chi connectivity index (χ3v) is 2.56. The summed E-state index contributed by atoms with van der Waals surface area (Å²) in [6.07, 6.45) is -0.911. The number of aliphatic hydroxyl groups excluding tert-OH is 2. The Bertz CT molecular complexity index is 341. The van der Waals surface area contributed by atoms with Crippen LogP contribution in [0.4, 0.5) is 0 Å². The standard InChI is InChI=1S/C8H11BrN2O4/c1-15-8(14)6-4(3-10-11-6)7(13)5(12)2-9/h3,5,7,12-13H,2H2,1H3,(H,10,11). The Morgan fingerprint density at radius 3 is 2.93 bits per heavy atom. The molecule has 6 nitrogen and oxygen atoms in total. The first-order valence-corrected chi connectivity index (χ1v) is 5.27. The molecule has 15 heavy (non-hydrogen) atoms. The Labute approximate surface area is 94.4 Å². The molecular weight excluding hydrogens is 268 g/mol. The predicted octanol–water partition coefficient (Wildman–Crippen LogP) is -0.0145. The van der Waals surface area contributed by atoms with Gasteiger partial charge in [0.25, 0.3) is 0 Å². The molecule has 0 saturated carbocycles. The third kappa shape index (κ3) is 2.55. The van der Waals surface area contributed by atoms with Crippen molar-refractivity contribution in [2.24, 2.45) is 0 Å². The number of hydrogen-bond donors (Lipinski definition) is 3. The van der Waals surface area contributed by atoms with Gasteiger partial charge in [-0.15, -0.1) is 0 Å². The van der Waals surface area contributed by atoms with Gasteiger partial charge in [0, 0.05) is 10.9 Å². The van der Waals surface area contributed by atoms with Crippen molar-refractivity contribution in [3.63, 3.8) is 0 Å². The first-order chi connectivity index (χ1) is 7.11. The molecule has 2 atom stereocenters. The van der Waals surface area contributed by atoms with Gasteiger partial charge in [0.1, 0.15) is 11.8 Å². The number of carbonyl (C=O) groups excluding carboxylic acids is 1. The number of alkyl halides is 1. The number of nitrogens with one attached hydrogen (secondary N) is 1.